The Morgan fingerprint density at radius 2 is 1.20 bits per heavy atom. The van der Waals surface area contributed by atoms with Crippen molar-refractivity contribution in [3.63, 3.8) is 0 Å². The number of thiophene rings is 1. The molecule has 1 fully saturated rings. The molecule has 4 aliphatic rings. The van der Waals surface area contributed by atoms with E-state index in [-0.39, 0.29) is 28.5 Å². The highest BCUT2D eigenvalue weighted by Crippen LogP contribution is 2.62. The van der Waals surface area contributed by atoms with Gasteiger partial charge in [0.2, 0.25) is 0 Å². The molecule has 0 N–H and O–H groups in total. The van der Waals surface area contributed by atoms with Gasteiger partial charge in [-0.2, -0.15) is 0 Å². The first-order chi connectivity index (χ1) is 31.7. The minimum Gasteiger partial charge on any atom is -0.456 e. The molecule has 7 aromatic carbocycles. The van der Waals surface area contributed by atoms with Gasteiger partial charge in [0.1, 0.15) is 11.2 Å². The van der Waals surface area contributed by atoms with Crippen LogP contribution in [0.3, 0.4) is 0 Å². The molecule has 0 spiro atoms. The highest BCUT2D eigenvalue weighted by molar-refractivity contribution is 7.34. The molecule has 326 valence electrons. The lowest BCUT2D eigenvalue weighted by atomic mass is 9.36. The minimum absolute atomic E-state index is 0.0107. The summed E-state index contributed by atoms with van der Waals surface area (Å²) in [6.45, 7) is 19.0. The lowest BCUT2D eigenvalue weighted by Crippen LogP contribution is -2.60. The number of para-hydroxylation sites is 2. The third kappa shape index (κ3) is 5.39. The summed E-state index contributed by atoms with van der Waals surface area (Å²) in [4.78, 5) is 7.94. The average Bonchev–Trinajstić information content (AvgIpc) is 3.94. The zero-order chi connectivity index (χ0) is 45.1. The molecular weight excluding hydrogens is 822 g/mol. The Bertz CT molecular complexity index is 3450. The molecule has 6 heteroatoms. The van der Waals surface area contributed by atoms with Crippen molar-refractivity contribution in [1.29, 1.82) is 0 Å². The van der Waals surface area contributed by atoms with Crippen LogP contribution >= 0.6 is 11.3 Å². The van der Waals surface area contributed by atoms with Crippen LogP contribution in [-0.2, 0) is 16.2 Å². The molecule has 0 amide bonds. The summed E-state index contributed by atoms with van der Waals surface area (Å²) in [5.74, 6) is 0. The molecule has 2 unspecified atom stereocenters. The van der Waals surface area contributed by atoms with Crippen LogP contribution in [0.1, 0.15) is 97.8 Å². The summed E-state index contributed by atoms with van der Waals surface area (Å²) in [6.07, 6.45) is 4.80. The van der Waals surface area contributed by atoms with Gasteiger partial charge in [-0.3, -0.25) is 0 Å². The summed E-state index contributed by atoms with van der Waals surface area (Å²) in [5.41, 5.74) is 18.8. The van der Waals surface area contributed by atoms with Crippen LogP contribution in [0.5, 0.6) is 0 Å². The zero-order valence-corrected chi connectivity index (χ0v) is 40.2. The Kier molecular flexibility index (Phi) is 8.30. The van der Waals surface area contributed by atoms with Crippen molar-refractivity contribution in [3.8, 4) is 0 Å². The quantitative estimate of drug-likeness (QED) is 0.165. The van der Waals surface area contributed by atoms with Crippen molar-refractivity contribution >= 4 is 111 Å². The van der Waals surface area contributed by atoms with Crippen LogP contribution in [-0.4, -0.2) is 12.3 Å². The predicted molar refractivity (Wildman–Crippen MR) is 283 cm³/mol. The molecule has 1 aliphatic carbocycles. The number of nitrogens with zero attached hydrogens (tertiary/aromatic N) is 3. The largest absolute Gasteiger partial charge is 0.456 e. The van der Waals surface area contributed by atoms with Crippen LogP contribution in [0.4, 0.5) is 45.5 Å². The van der Waals surface area contributed by atoms with Gasteiger partial charge in [0.15, 0.2) is 0 Å². The van der Waals surface area contributed by atoms with E-state index >= 15 is 0 Å². The smallest absolute Gasteiger partial charge is 0.264 e. The summed E-state index contributed by atoms with van der Waals surface area (Å²) >= 11 is 1.98. The second-order valence-electron chi connectivity index (χ2n) is 22.0. The Morgan fingerprint density at radius 3 is 1.89 bits per heavy atom. The molecule has 0 saturated heterocycles. The van der Waals surface area contributed by atoms with Gasteiger partial charge < -0.3 is 19.1 Å². The highest BCUT2D eigenvalue weighted by atomic mass is 32.1. The number of hydrogen-bond acceptors (Lipinski definition) is 5. The molecule has 3 aliphatic heterocycles. The van der Waals surface area contributed by atoms with Gasteiger partial charge in [-0.15, -0.1) is 11.3 Å². The van der Waals surface area contributed by atoms with Crippen molar-refractivity contribution in [3.05, 3.63) is 162 Å². The van der Waals surface area contributed by atoms with Crippen LogP contribution < -0.4 is 30.4 Å². The molecule has 4 nitrogen and oxygen atoms in total. The molecule has 9 aromatic rings. The van der Waals surface area contributed by atoms with Crippen LogP contribution in [0.15, 0.2) is 150 Å². The van der Waals surface area contributed by atoms with Crippen molar-refractivity contribution < 1.29 is 4.42 Å². The van der Waals surface area contributed by atoms with Crippen molar-refractivity contribution in [2.45, 2.75) is 103 Å². The standard InChI is InChI=1S/C60H56BN3OS/c1-57(2,3)37-23-27-39(28-24-37)62-46-20-16-21-47-53(46)61(45-35-44-48(36-49(45)62)64(41-17-10-9-11-18-41)60(8)34-15-14-33-59(44,60)7)56-54(63(47)40-29-25-38(26-30-40)58(4,5)6)43-31-32-51-52(55(43)66-56)42-19-12-13-22-50(42)65-51/h9-13,16-32,35-36H,14-15,33-34H2,1-8H3. The SMILES string of the molecule is CC(C)(C)c1ccc(N2c3cc4c(cc3B3c5sc6c(ccc7oc8ccccc8c76)c5N(c5ccc(C(C)(C)C)cc5)c5cccc2c53)C2(C)CCCCC2(C)N4c2ccccc2)cc1. The maximum absolute atomic E-state index is 6.59. The van der Waals surface area contributed by atoms with Gasteiger partial charge in [0, 0.05) is 70.9 Å². The lowest BCUT2D eigenvalue weighted by Gasteiger charge is -2.50. The molecule has 13 rings (SSSR count). The van der Waals surface area contributed by atoms with Crippen LogP contribution in [0.2, 0.25) is 0 Å². The maximum atomic E-state index is 6.59. The molecule has 5 heterocycles. The molecule has 2 aromatic heterocycles. The van der Waals surface area contributed by atoms with Crippen molar-refractivity contribution in [2.75, 3.05) is 14.7 Å². The number of fused-ring (bicyclic) bond motifs is 13. The Morgan fingerprint density at radius 1 is 0.561 bits per heavy atom. The van der Waals surface area contributed by atoms with Gasteiger partial charge in [-0.1, -0.05) is 134 Å². The van der Waals surface area contributed by atoms with E-state index < -0.39 is 0 Å². The van der Waals surface area contributed by atoms with Gasteiger partial charge in [0.25, 0.3) is 6.71 Å². The fraction of sp³-hybridized carbons (Fsp3) is 0.267. The van der Waals surface area contributed by atoms with E-state index in [4.69, 9.17) is 4.42 Å². The van der Waals surface area contributed by atoms with Gasteiger partial charge in [-0.25, -0.2) is 0 Å². The average molecular weight is 878 g/mol. The van der Waals surface area contributed by atoms with E-state index in [1.165, 1.54) is 118 Å². The highest BCUT2D eigenvalue weighted by Gasteiger charge is 2.59. The van der Waals surface area contributed by atoms with E-state index in [2.05, 4.69) is 216 Å². The second kappa shape index (κ2) is 13.7. The fourth-order valence-corrected chi connectivity index (χ4v) is 14.1. The van der Waals surface area contributed by atoms with Crippen LogP contribution in [0.25, 0.3) is 32.0 Å². The van der Waals surface area contributed by atoms with E-state index in [1.807, 2.05) is 11.3 Å². The van der Waals surface area contributed by atoms with E-state index in [9.17, 15) is 0 Å². The second-order valence-corrected chi connectivity index (χ2v) is 23.1. The minimum atomic E-state index is -0.0740. The first-order valence-electron chi connectivity index (χ1n) is 24.1. The fourth-order valence-electron chi connectivity index (χ4n) is 12.7. The summed E-state index contributed by atoms with van der Waals surface area (Å²) in [5, 5.41) is 3.66. The molecule has 1 saturated carbocycles. The number of anilines is 8. The normalized spacial score (nSPS) is 19.9. The Labute approximate surface area is 393 Å². The first kappa shape index (κ1) is 40.1. The van der Waals surface area contributed by atoms with Gasteiger partial charge in [-0.05, 0) is 131 Å². The van der Waals surface area contributed by atoms with Crippen molar-refractivity contribution in [2.24, 2.45) is 0 Å². The number of hydrogen-bond donors (Lipinski definition) is 0. The number of furan rings is 1. The third-order valence-electron chi connectivity index (χ3n) is 16.3. The Balaban J connectivity index is 1.14. The summed E-state index contributed by atoms with van der Waals surface area (Å²) < 4.78 is 9.27. The molecule has 2 atom stereocenters. The lowest BCUT2D eigenvalue weighted by molar-refractivity contribution is 0.195. The molecular formula is C60H56BN3OS. The maximum Gasteiger partial charge on any atom is 0.264 e. The van der Waals surface area contributed by atoms with E-state index in [0.29, 0.717) is 0 Å². The number of benzene rings is 7. The zero-order valence-electron chi connectivity index (χ0n) is 39.4. The van der Waals surface area contributed by atoms with E-state index in [1.54, 1.807) is 0 Å². The van der Waals surface area contributed by atoms with Gasteiger partial charge in [0.05, 0.1) is 11.2 Å². The monoisotopic (exact) mass is 877 g/mol. The summed E-state index contributed by atoms with van der Waals surface area (Å²) in [7, 11) is 0. The topological polar surface area (TPSA) is 22.9 Å². The molecule has 0 radical (unpaired) electrons. The number of rotatable bonds is 3. The molecule has 0 bridgehead atoms. The van der Waals surface area contributed by atoms with E-state index in [0.717, 1.165) is 17.6 Å². The van der Waals surface area contributed by atoms with Crippen LogP contribution in [0, 0.1) is 0 Å². The molecule has 66 heavy (non-hydrogen) atoms. The predicted octanol–water partition coefficient (Wildman–Crippen LogP) is 15.2. The Hall–Kier alpha value is -6.24. The third-order valence-corrected chi connectivity index (χ3v) is 17.6. The first-order valence-corrected chi connectivity index (χ1v) is 24.9. The van der Waals surface area contributed by atoms with Gasteiger partial charge >= 0.3 is 0 Å². The van der Waals surface area contributed by atoms with Crippen molar-refractivity contribution in [1.82, 2.24) is 0 Å². The summed E-state index contributed by atoms with van der Waals surface area (Å²) in [6, 6.07) is 55.6.